The Morgan fingerprint density at radius 1 is 0.903 bits per heavy atom. The molecule has 12 nitrogen and oxygen atoms in total. The normalized spacial score (nSPS) is 13.4. The van der Waals surface area contributed by atoms with Crippen LogP contribution in [0.5, 0.6) is 0 Å². The van der Waals surface area contributed by atoms with Crippen molar-refractivity contribution in [3.63, 3.8) is 0 Å². The topological polar surface area (TPSA) is 214 Å². The van der Waals surface area contributed by atoms with Crippen molar-refractivity contribution in [2.75, 3.05) is 13.2 Å². The quantitative estimate of drug-likeness (QED) is 0.168. The van der Waals surface area contributed by atoms with Gasteiger partial charge in [0.2, 0.25) is 23.6 Å². The number of hydrogen-bond acceptors (Lipinski definition) is 7. The number of aliphatic carboxylic acids is 1. The third kappa shape index (κ3) is 9.23. The molecule has 170 valence electrons. The van der Waals surface area contributed by atoms with Gasteiger partial charge < -0.3 is 37.6 Å². The lowest BCUT2D eigenvalue weighted by Crippen LogP contribution is -2.57. The van der Waals surface area contributed by atoms with Crippen molar-refractivity contribution in [3.8, 4) is 0 Å². The van der Waals surface area contributed by atoms with E-state index in [1.165, 1.54) is 0 Å². The second-order valence-electron chi connectivity index (χ2n) is 6.66. The second-order valence-corrected chi connectivity index (χ2v) is 6.66. The van der Waals surface area contributed by atoms with E-state index in [4.69, 9.17) is 11.5 Å². The van der Waals surface area contributed by atoms with Crippen LogP contribution in [0.1, 0.15) is 18.4 Å². The average Bonchev–Trinajstić information content (AvgIpc) is 2.74. The third-order valence-electron chi connectivity index (χ3n) is 4.23. The molecule has 0 fully saturated rings. The minimum absolute atomic E-state index is 0.00353. The van der Waals surface area contributed by atoms with Gasteiger partial charge in [-0.05, 0) is 12.0 Å². The van der Waals surface area contributed by atoms with Gasteiger partial charge in [-0.1, -0.05) is 30.3 Å². The van der Waals surface area contributed by atoms with Gasteiger partial charge in [0, 0.05) is 12.8 Å². The first-order valence-electron chi connectivity index (χ1n) is 9.44. The van der Waals surface area contributed by atoms with Crippen LogP contribution in [0, 0.1) is 0 Å². The Morgan fingerprint density at radius 2 is 1.48 bits per heavy atom. The summed E-state index contributed by atoms with van der Waals surface area (Å²) in [5, 5.41) is 25.6. The van der Waals surface area contributed by atoms with E-state index in [0.717, 1.165) is 0 Å². The van der Waals surface area contributed by atoms with E-state index >= 15 is 0 Å². The number of carboxylic acid groups (broad SMARTS) is 1. The second kappa shape index (κ2) is 12.9. The van der Waals surface area contributed by atoms with Gasteiger partial charge in [0.1, 0.15) is 18.1 Å². The van der Waals surface area contributed by atoms with Crippen molar-refractivity contribution in [1.29, 1.82) is 0 Å². The highest BCUT2D eigenvalue weighted by Crippen LogP contribution is 2.06. The summed E-state index contributed by atoms with van der Waals surface area (Å²) in [5.74, 6) is -4.46. The van der Waals surface area contributed by atoms with Gasteiger partial charge >= 0.3 is 5.97 Å². The number of aliphatic hydroxyl groups excluding tert-OH is 1. The van der Waals surface area contributed by atoms with E-state index < -0.39 is 60.9 Å². The van der Waals surface area contributed by atoms with Crippen LogP contribution in [-0.4, -0.2) is 71.1 Å². The maximum absolute atomic E-state index is 12.8. The zero-order valence-corrected chi connectivity index (χ0v) is 16.7. The number of nitrogens with one attached hydrogen (secondary N) is 3. The molecule has 0 radical (unpaired) electrons. The molecule has 0 spiro atoms. The average molecular weight is 437 g/mol. The molecule has 0 aromatic heterocycles. The highest BCUT2D eigenvalue weighted by atomic mass is 16.4. The van der Waals surface area contributed by atoms with E-state index in [9.17, 15) is 34.2 Å². The van der Waals surface area contributed by atoms with Crippen molar-refractivity contribution in [3.05, 3.63) is 35.9 Å². The fourth-order valence-electron chi connectivity index (χ4n) is 2.60. The summed E-state index contributed by atoms with van der Waals surface area (Å²) in [6.07, 6.45) is -0.484. The number of benzene rings is 1. The molecule has 1 aromatic rings. The largest absolute Gasteiger partial charge is 0.480 e. The minimum Gasteiger partial charge on any atom is -0.480 e. The van der Waals surface area contributed by atoms with Crippen molar-refractivity contribution in [2.24, 2.45) is 11.5 Å². The Morgan fingerprint density at radius 3 is 2.00 bits per heavy atom. The number of rotatable bonds is 13. The van der Waals surface area contributed by atoms with E-state index in [1.807, 2.05) is 0 Å². The van der Waals surface area contributed by atoms with Crippen LogP contribution in [0.2, 0.25) is 0 Å². The Balaban J connectivity index is 2.99. The van der Waals surface area contributed by atoms with Crippen LogP contribution in [-0.2, 0) is 30.4 Å². The molecule has 9 N–H and O–H groups in total. The van der Waals surface area contributed by atoms with Crippen LogP contribution in [0.15, 0.2) is 30.3 Å². The lowest BCUT2D eigenvalue weighted by Gasteiger charge is -2.24. The SMILES string of the molecule is NCC(=O)NC(CO)C(=O)NC(Cc1ccccc1)C(=O)NC(CCC(N)=O)C(=O)O. The molecule has 0 aliphatic carbocycles. The number of aliphatic hydroxyl groups is 1. The number of hydrogen-bond donors (Lipinski definition) is 7. The minimum atomic E-state index is -1.40. The van der Waals surface area contributed by atoms with Crippen LogP contribution < -0.4 is 27.4 Å². The van der Waals surface area contributed by atoms with Gasteiger partial charge in [0.15, 0.2) is 0 Å². The summed E-state index contributed by atoms with van der Waals surface area (Å²) >= 11 is 0. The number of carboxylic acids is 1. The molecular formula is C19H27N5O7. The number of carbonyl (C=O) groups is 5. The fraction of sp³-hybridized carbons (Fsp3) is 0.421. The van der Waals surface area contributed by atoms with Crippen LogP contribution in [0.25, 0.3) is 0 Å². The number of amides is 4. The molecule has 1 aromatic carbocycles. The molecule has 0 saturated heterocycles. The Kier molecular flexibility index (Phi) is 10.6. The van der Waals surface area contributed by atoms with E-state index in [0.29, 0.717) is 5.56 Å². The smallest absolute Gasteiger partial charge is 0.326 e. The molecule has 3 atom stereocenters. The summed E-state index contributed by atoms with van der Waals surface area (Å²) in [6, 6.07) is 4.61. The summed E-state index contributed by atoms with van der Waals surface area (Å²) < 4.78 is 0. The number of nitrogens with two attached hydrogens (primary N) is 2. The van der Waals surface area contributed by atoms with Gasteiger partial charge in [-0.15, -0.1) is 0 Å². The van der Waals surface area contributed by atoms with Gasteiger partial charge in [-0.3, -0.25) is 19.2 Å². The molecule has 3 unspecified atom stereocenters. The maximum atomic E-state index is 12.8. The lowest BCUT2D eigenvalue weighted by atomic mass is 10.0. The number of carbonyl (C=O) groups excluding carboxylic acids is 4. The number of primary amides is 1. The standard InChI is InChI=1S/C19H27N5O7/c20-9-16(27)22-14(10-25)18(29)24-13(8-11-4-2-1-3-5-11)17(28)23-12(19(30)31)6-7-15(21)26/h1-5,12-14,25H,6-10,20H2,(H2,21,26)(H,22,27)(H,23,28)(H,24,29)(H,30,31). The van der Waals surface area contributed by atoms with E-state index in [-0.39, 0.29) is 19.3 Å². The van der Waals surface area contributed by atoms with Crippen molar-refractivity contribution >= 4 is 29.6 Å². The van der Waals surface area contributed by atoms with Crippen LogP contribution in [0.3, 0.4) is 0 Å². The summed E-state index contributed by atoms with van der Waals surface area (Å²) in [6.45, 7) is -1.15. The predicted octanol–water partition coefficient (Wildman–Crippen LogP) is -3.02. The molecule has 0 aliphatic heterocycles. The first-order valence-corrected chi connectivity index (χ1v) is 9.44. The molecule has 31 heavy (non-hydrogen) atoms. The maximum Gasteiger partial charge on any atom is 0.326 e. The zero-order valence-electron chi connectivity index (χ0n) is 16.7. The first kappa shape index (κ1) is 25.5. The zero-order chi connectivity index (χ0) is 23.4. The van der Waals surface area contributed by atoms with Crippen molar-refractivity contribution < 1.29 is 34.2 Å². The van der Waals surface area contributed by atoms with Gasteiger partial charge in [-0.2, -0.15) is 0 Å². The monoisotopic (exact) mass is 437 g/mol. The lowest BCUT2D eigenvalue weighted by molar-refractivity contribution is -0.142. The molecule has 0 bridgehead atoms. The van der Waals surface area contributed by atoms with Gasteiger partial charge in [0.05, 0.1) is 13.2 Å². The summed E-state index contributed by atoms with van der Waals surface area (Å²) in [5.41, 5.74) is 10.9. The summed E-state index contributed by atoms with van der Waals surface area (Å²) in [4.78, 5) is 59.0. The highest BCUT2D eigenvalue weighted by Gasteiger charge is 2.29. The molecule has 0 aliphatic rings. The molecule has 12 heteroatoms. The van der Waals surface area contributed by atoms with E-state index in [1.54, 1.807) is 30.3 Å². The van der Waals surface area contributed by atoms with Crippen LogP contribution >= 0.6 is 0 Å². The molecule has 0 saturated carbocycles. The molecule has 0 heterocycles. The highest BCUT2D eigenvalue weighted by molar-refractivity contribution is 5.93. The Bertz CT molecular complexity index is 787. The van der Waals surface area contributed by atoms with E-state index in [2.05, 4.69) is 16.0 Å². The fourth-order valence-corrected chi connectivity index (χ4v) is 2.60. The first-order chi connectivity index (χ1) is 14.7. The summed E-state index contributed by atoms with van der Waals surface area (Å²) in [7, 11) is 0. The van der Waals surface area contributed by atoms with Gasteiger partial charge in [0.25, 0.3) is 0 Å². The van der Waals surface area contributed by atoms with Gasteiger partial charge in [-0.25, -0.2) is 4.79 Å². The molecular weight excluding hydrogens is 410 g/mol. The Hall–Kier alpha value is -3.51. The van der Waals surface area contributed by atoms with Crippen molar-refractivity contribution in [1.82, 2.24) is 16.0 Å². The molecule has 1 rings (SSSR count). The Labute approximate surface area is 178 Å². The third-order valence-corrected chi connectivity index (χ3v) is 4.23. The van der Waals surface area contributed by atoms with Crippen molar-refractivity contribution in [2.45, 2.75) is 37.4 Å². The predicted molar refractivity (Wildman–Crippen MR) is 108 cm³/mol. The molecule has 4 amide bonds. The van der Waals surface area contributed by atoms with Crippen LogP contribution in [0.4, 0.5) is 0 Å².